The van der Waals surface area contributed by atoms with Gasteiger partial charge in [-0.1, -0.05) is 24.6 Å². The van der Waals surface area contributed by atoms with Gasteiger partial charge >= 0.3 is 5.97 Å². The Morgan fingerprint density at radius 2 is 2.07 bits per heavy atom. The number of carbonyl (C=O) groups excluding carboxylic acids is 1. The van der Waals surface area contributed by atoms with Crippen molar-refractivity contribution < 1.29 is 9.53 Å². The third-order valence-corrected chi connectivity index (χ3v) is 1.74. The Labute approximate surface area is 91.0 Å². The van der Waals surface area contributed by atoms with Crippen LogP contribution in [0, 0.1) is 11.3 Å². The van der Waals surface area contributed by atoms with Crippen LogP contribution in [0.2, 0.25) is 0 Å². The molecule has 0 N–H and O–H groups in total. The molecular formula is C12H17NO2. The fourth-order valence-electron chi connectivity index (χ4n) is 0.938. The molecule has 0 bridgehead atoms. The molecule has 0 aromatic heterocycles. The van der Waals surface area contributed by atoms with E-state index in [2.05, 4.69) is 0 Å². The third kappa shape index (κ3) is 5.69. The lowest BCUT2D eigenvalue weighted by Crippen LogP contribution is -2.08. The number of allylic oxidation sites excluding steroid dienone is 2. The molecule has 0 amide bonds. The van der Waals surface area contributed by atoms with E-state index in [0.29, 0.717) is 18.6 Å². The molecule has 0 atom stereocenters. The number of esters is 1. The maximum Gasteiger partial charge on any atom is 0.348 e. The van der Waals surface area contributed by atoms with E-state index in [1.54, 1.807) is 13.8 Å². The van der Waals surface area contributed by atoms with Gasteiger partial charge in [-0.2, -0.15) is 5.26 Å². The van der Waals surface area contributed by atoms with Crippen molar-refractivity contribution in [3.05, 3.63) is 23.3 Å². The monoisotopic (exact) mass is 207 g/mol. The van der Waals surface area contributed by atoms with Crippen molar-refractivity contribution in [3.8, 4) is 6.07 Å². The van der Waals surface area contributed by atoms with Gasteiger partial charge in [0.25, 0.3) is 0 Å². The predicted molar refractivity (Wildman–Crippen MR) is 59.0 cm³/mol. The lowest BCUT2D eigenvalue weighted by Gasteiger charge is -2.02. The van der Waals surface area contributed by atoms with E-state index in [1.165, 1.54) is 0 Å². The highest BCUT2D eigenvalue weighted by Crippen LogP contribution is 2.04. The molecule has 0 heterocycles. The predicted octanol–water partition coefficient (Wildman–Crippen LogP) is 2.75. The minimum atomic E-state index is -0.526. The third-order valence-electron chi connectivity index (χ3n) is 1.74. The molecule has 0 aromatic rings. The highest BCUT2D eigenvalue weighted by molar-refractivity contribution is 5.93. The Bertz CT molecular complexity index is 304. The second-order valence-corrected chi connectivity index (χ2v) is 3.29. The van der Waals surface area contributed by atoms with E-state index in [1.807, 2.05) is 25.1 Å². The number of nitrogens with zero attached hydrogens (tertiary/aromatic N) is 1. The summed E-state index contributed by atoms with van der Waals surface area (Å²) in [5.74, 6) is -0.526. The average Bonchev–Trinajstić information content (AvgIpc) is 2.18. The summed E-state index contributed by atoms with van der Waals surface area (Å²) in [6.07, 6.45) is 5.65. The smallest absolute Gasteiger partial charge is 0.348 e. The molecule has 15 heavy (non-hydrogen) atoms. The molecule has 0 aliphatic carbocycles. The Balaban J connectivity index is 4.01. The van der Waals surface area contributed by atoms with E-state index < -0.39 is 5.97 Å². The molecule has 0 saturated carbocycles. The van der Waals surface area contributed by atoms with Crippen molar-refractivity contribution in [1.82, 2.24) is 0 Å². The van der Waals surface area contributed by atoms with Crippen LogP contribution in [0.3, 0.4) is 0 Å². The van der Waals surface area contributed by atoms with Crippen LogP contribution in [0.1, 0.15) is 33.6 Å². The van der Waals surface area contributed by atoms with E-state index in [-0.39, 0.29) is 5.57 Å². The molecule has 0 aliphatic rings. The lowest BCUT2D eigenvalue weighted by molar-refractivity contribution is -0.138. The van der Waals surface area contributed by atoms with Crippen molar-refractivity contribution in [2.24, 2.45) is 0 Å². The summed E-state index contributed by atoms with van der Waals surface area (Å²) in [5.41, 5.74) is 0.793. The van der Waals surface area contributed by atoms with Crippen LogP contribution >= 0.6 is 0 Å². The first-order valence-corrected chi connectivity index (χ1v) is 5.03. The van der Waals surface area contributed by atoms with E-state index in [4.69, 9.17) is 10.00 Å². The van der Waals surface area contributed by atoms with E-state index in [0.717, 1.165) is 6.42 Å². The molecule has 0 aliphatic heterocycles. The maximum absolute atomic E-state index is 11.3. The summed E-state index contributed by atoms with van der Waals surface area (Å²) in [5, 5.41) is 8.68. The van der Waals surface area contributed by atoms with Gasteiger partial charge in [0.15, 0.2) is 0 Å². The van der Waals surface area contributed by atoms with E-state index >= 15 is 0 Å². The molecule has 3 nitrogen and oxygen atoms in total. The SMILES string of the molecule is CC/C=C\CCOC(=O)C(C#N)=C(C)C. The molecule has 0 radical (unpaired) electrons. The first-order chi connectivity index (χ1) is 7.13. The van der Waals surface area contributed by atoms with Gasteiger partial charge < -0.3 is 4.74 Å². The van der Waals surface area contributed by atoms with Crippen LogP contribution < -0.4 is 0 Å². The Hall–Kier alpha value is -1.56. The number of nitriles is 1. The quantitative estimate of drug-likeness (QED) is 0.229. The van der Waals surface area contributed by atoms with Crippen LogP contribution in [0.25, 0.3) is 0 Å². The van der Waals surface area contributed by atoms with Crippen LogP contribution in [-0.2, 0) is 9.53 Å². The number of rotatable bonds is 5. The topological polar surface area (TPSA) is 50.1 Å². The lowest BCUT2D eigenvalue weighted by atomic mass is 10.2. The highest BCUT2D eigenvalue weighted by atomic mass is 16.5. The zero-order valence-corrected chi connectivity index (χ0v) is 9.54. The van der Waals surface area contributed by atoms with Crippen molar-refractivity contribution in [3.63, 3.8) is 0 Å². The van der Waals surface area contributed by atoms with Crippen molar-refractivity contribution >= 4 is 5.97 Å². The molecule has 3 heteroatoms. The molecule has 0 rings (SSSR count). The van der Waals surface area contributed by atoms with Gasteiger partial charge in [0.1, 0.15) is 11.6 Å². The Morgan fingerprint density at radius 1 is 1.40 bits per heavy atom. The molecule has 0 unspecified atom stereocenters. The zero-order chi connectivity index (χ0) is 11.7. The zero-order valence-electron chi connectivity index (χ0n) is 9.54. The van der Waals surface area contributed by atoms with Crippen LogP contribution in [-0.4, -0.2) is 12.6 Å². The standard InChI is InChI=1S/C12H17NO2/c1-4-5-6-7-8-15-12(14)11(9-13)10(2)3/h5-6H,4,7-8H2,1-3H3/b6-5-. The Morgan fingerprint density at radius 3 is 2.53 bits per heavy atom. The van der Waals surface area contributed by atoms with Crippen LogP contribution in [0.4, 0.5) is 0 Å². The van der Waals surface area contributed by atoms with Crippen LogP contribution in [0.15, 0.2) is 23.3 Å². The molecule has 0 fully saturated rings. The fraction of sp³-hybridized carbons (Fsp3) is 0.500. The van der Waals surface area contributed by atoms with Gasteiger partial charge in [-0.25, -0.2) is 4.79 Å². The first-order valence-electron chi connectivity index (χ1n) is 5.03. The molecule has 0 saturated heterocycles. The second kappa shape index (κ2) is 7.81. The van der Waals surface area contributed by atoms with Crippen molar-refractivity contribution in [2.75, 3.05) is 6.61 Å². The summed E-state index contributed by atoms with van der Waals surface area (Å²) < 4.78 is 4.93. The van der Waals surface area contributed by atoms with E-state index in [9.17, 15) is 4.79 Å². The summed E-state index contributed by atoms with van der Waals surface area (Å²) in [6.45, 7) is 5.81. The van der Waals surface area contributed by atoms with Crippen molar-refractivity contribution in [1.29, 1.82) is 5.26 Å². The second-order valence-electron chi connectivity index (χ2n) is 3.29. The van der Waals surface area contributed by atoms with Gasteiger partial charge in [0, 0.05) is 0 Å². The number of hydrogen-bond acceptors (Lipinski definition) is 3. The molecule has 82 valence electrons. The summed E-state index contributed by atoms with van der Waals surface area (Å²) in [4.78, 5) is 11.3. The summed E-state index contributed by atoms with van der Waals surface area (Å²) in [7, 11) is 0. The molecular weight excluding hydrogens is 190 g/mol. The molecule has 0 spiro atoms. The van der Waals surface area contributed by atoms with Gasteiger partial charge in [0.05, 0.1) is 6.61 Å². The summed E-state index contributed by atoms with van der Waals surface area (Å²) >= 11 is 0. The average molecular weight is 207 g/mol. The van der Waals surface area contributed by atoms with Gasteiger partial charge in [-0.3, -0.25) is 0 Å². The Kier molecular flexibility index (Phi) is 7.00. The van der Waals surface area contributed by atoms with Crippen molar-refractivity contribution in [2.45, 2.75) is 33.6 Å². The minimum absolute atomic E-state index is 0.106. The largest absolute Gasteiger partial charge is 0.461 e. The normalized spacial score (nSPS) is 9.73. The van der Waals surface area contributed by atoms with Gasteiger partial charge in [-0.15, -0.1) is 0 Å². The van der Waals surface area contributed by atoms with Gasteiger partial charge in [-0.05, 0) is 26.7 Å². The highest BCUT2D eigenvalue weighted by Gasteiger charge is 2.10. The number of ether oxygens (including phenoxy) is 1. The minimum Gasteiger partial charge on any atom is -0.461 e. The fourth-order valence-corrected chi connectivity index (χ4v) is 0.938. The van der Waals surface area contributed by atoms with Gasteiger partial charge in [0.2, 0.25) is 0 Å². The summed E-state index contributed by atoms with van der Waals surface area (Å²) in [6, 6.07) is 1.84. The first kappa shape index (κ1) is 13.4. The number of carbonyl (C=O) groups is 1. The van der Waals surface area contributed by atoms with Crippen LogP contribution in [0.5, 0.6) is 0 Å². The maximum atomic E-state index is 11.3. The molecule has 0 aromatic carbocycles. The number of hydrogen-bond donors (Lipinski definition) is 0.